The van der Waals surface area contributed by atoms with Crippen molar-refractivity contribution in [1.82, 2.24) is 0 Å². The van der Waals surface area contributed by atoms with Crippen molar-refractivity contribution in [2.45, 2.75) is 126 Å². The third-order valence-electron chi connectivity index (χ3n) is 22.6. The van der Waals surface area contributed by atoms with Gasteiger partial charge in [-0.1, -0.05) is 335 Å². The zero-order valence-corrected chi connectivity index (χ0v) is 67.3. The van der Waals surface area contributed by atoms with E-state index in [4.69, 9.17) is 18.6 Å². The van der Waals surface area contributed by atoms with Crippen LogP contribution in [0.15, 0.2) is 271 Å². The molecule has 15 aromatic carbocycles. The van der Waals surface area contributed by atoms with Crippen LogP contribution in [0.1, 0.15) is 93.9 Å². The largest absolute Gasteiger partial charge is 0.496 e. The minimum absolute atomic E-state index is 0. The number of rotatable bonds is 11. The van der Waals surface area contributed by atoms with Gasteiger partial charge in [-0.25, -0.2) is 0 Å². The molecule has 0 radical (unpaired) electrons. The van der Waals surface area contributed by atoms with Crippen molar-refractivity contribution in [2.75, 3.05) is 0 Å². The smallest absolute Gasteiger partial charge is 0.423 e. The third-order valence-corrected chi connectivity index (χ3v) is 23.1. The quantitative estimate of drug-likeness (QED) is 0.0739. The van der Waals surface area contributed by atoms with Crippen molar-refractivity contribution in [2.24, 2.45) is 0 Å². The third kappa shape index (κ3) is 15.9. The van der Waals surface area contributed by atoms with Crippen molar-refractivity contribution in [1.29, 1.82) is 0 Å². The molecule has 2 heterocycles. The first-order chi connectivity index (χ1) is 53.2. The first-order valence-corrected chi connectivity index (χ1v) is 39.1. The average Bonchev–Trinajstić information content (AvgIpc) is 1.58. The Labute approximate surface area is 670 Å². The Hall–Kier alpha value is -9.98. The molecule has 2 aliphatic rings. The van der Waals surface area contributed by atoms with Crippen LogP contribution in [0.25, 0.3) is 108 Å². The van der Waals surface area contributed by atoms with Crippen molar-refractivity contribution < 1.29 is 43.0 Å². The van der Waals surface area contributed by atoms with Gasteiger partial charge in [0.2, 0.25) is 0 Å². The normalized spacial score (nSPS) is 14.3. The second-order valence-electron chi connectivity index (χ2n) is 31.8. The standard InChI is InChI=1S/C28H18O2.C26H32B2O4.C18H20B2.C16H16B2O2.C7H5BrO.CH4/c29-17-19-9-13-21(14-10-19)27-23-5-1-2-6-24(23)28(26-8-4-3-7-25(26)27)22-15-11-20(18-30)12-16-22;1-23(2)24(3,4)30-27(29-23)21-17-13-9-11-15-19(17)22(20-16-12-10-14-18(20)21)28-31-25(5,6)26(7,8)32-28;1-19(2)17-13-9-5-7-11-15(13)18(20(3)4)16-12-8-6-10-14(16)17;1-17(2)15-11-7-3-5-9-13(11)16(18(19)20)14-10-6-4-8-12(14)15;8-7-3-1-6(5-9)2-4-7;/h1-18H;9-16H,1-8H3;5-12H,1-4H3;3-10,19-20H,1-2H3;1-5H;1H4. The maximum Gasteiger partial charge on any atom is 0.496 e. The molecule has 2 aliphatic heterocycles. The molecule has 0 atom stereocenters. The van der Waals surface area contributed by atoms with Crippen LogP contribution in [0, 0.1) is 0 Å². The number of aldehydes is 3. The predicted octanol–water partition coefficient (Wildman–Crippen LogP) is 20.0. The lowest BCUT2D eigenvalue weighted by atomic mass is 9.44. The van der Waals surface area contributed by atoms with Gasteiger partial charge in [-0.3, -0.25) is 14.4 Å². The van der Waals surface area contributed by atoms with Crippen molar-refractivity contribution >= 4 is 195 Å². The summed E-state index contributed by atoms with van der Waals surface area (Å²) in [4.78, 5) is 32.3. The van der Waals surface area contributed by atoms with Crippen LogP contribution in [0.5, 0.6) is 0 Å². The summed E-state index contributed by atoms with van der Waals surface area (Å²) in [5.41, 5.74) is 11.8. The first kappa shape index (κ1) is 81.5. The predicted molar refractivity (Wildman–Crippen MR) is 486 cm³/mol. The fourth-order valence-corrected chi connectivity index (χ4v) is 16.2. The molecule has 0 bridgehead atoms. The van der Waals surface area contributed by atoms with Gasteiger partial charge in [0.25, 0.3) is 0 Å². The van der Waals surface area contributed by atoms with Gasteiger partial charge in [0.15, 0.2) is 20.1 Å². The lowest BCUT2D eigenvalue weighted by Gasteiger charge is -2.32. The Kier molecular flexibility index (Phi) is 24.6. The van der Waals surface area contributed by atoms with E-state index in [0.717, 1.165) is 121 Å². The molecule has 0 aliphatic carbocycles. The molecule has 16 heteroatoms. The second-order valence-corrected chi connectivity index (χ2v) is 32.7. The monoisotopic (exact) mass is 1540 g/mol. The van der Waals surface area contributed by atoms with E-state index in [1.54, 1.807) is 12.1 Å². The minimum atomic E-state index is -1.47. The molecule has 0 unspecified atom stereocenters. The molecule has 0 aromatic heterocycles. The molecule has 0 amide bonds. The first-order valence-electron chi connectivity index (χ1n) is 38.3. The zero-order valence-electron chi connectivity index (χ0n) is 65.7. The number of halogens is 1. The Bertz CT molecular complexity index is 5250. The molecule has 2 N–H and O–H groups in total. The summed E-state index contributed by atoms with van der Waals surface area (Å²) in [7, 11) is -2.38. The van der Waals surface area contributed by atoms with Gasteiger partial charge in [0, 0.05) is 21.2 Å². The van der Waals surface area contributed by atoms with Gasteiger partial charge in [-0.15, -0.1) is 0 Å². The molecule has 558 valence electrons. The maximum absolute atomic E-state index is 11.1. The highest BCUT2D eigenvalue weighted by Crippen LogP contribution is 2.45. The van der Waals surface area contributed by atoms with Gasteiger partial charge < -0.3 is 28.7 Å². The van der Waals surface area contributed by atoms with Crippen molar-refractivity contribution in [3.05, 3.63) is 288 Å². The SMILES string of the molecule is C.CB(C)c1c2ccccc2c(B(C)C)c2ccccc12.CB(C)c1c2ccccc2c(B(O)O)c2ccccc12.CC1(C)OB(c2c3ccccc3c(B3OC(C)(C)C(C)(C)O3)c3ccccc23)OC1(C)C.O=Cc1ccc(-c2c3ccccc3c(-c3ccc(C=O)cc3)c3ccccc23)cc1.O=Cc1ccc(Br)cc1. The summed E-state index contributed by atoms with van der Waals surface area (Å²) in [5, 5.41) is 38.4. The molecule has 0 spiro atoms. The van der Waals surface area contributed by atoms with Crippen LogP contribution >= 0.6 is 15.9 Å². The molecular formula is C96H95B6BrO9. The van der Waals surface area contributed by atoms with E-state index >= 15 is 0 Å². The van der Waals surface area contributed by atoms with Crippen LogP contribution in [-0.2, 0) is 18.6 Å². The fraction of sp³-hybridized carbons (Fsp3) is 0.198. The maximum atomic E-state index is 11.1. The van der Waals surface area contributed by atoms with Crippen LogP contribution in [0.4, 0.5) is 0 Å². The molecular weight excluding hydrogens is 1440 g/mol. The van der Waals surface area contributed by atoms with E-state index in [-0.39, 0.29) is 7.43 Å². The Morgan fingerprint density at radius 3 is 0.670 bits per heavy atom. The van der Waals surface area contributed by atoms with E-state index in [0.29, 0.717) is 42.3 Å². The van der Waals surface area contributed by atoms with Gasteiger partial charge >= 0.3 is 21.4 Å². The van der Waals surface area contributed by atoms with E-state index in [9.17, 15) is 24.4 Å². The van der Waals surface area contributed by atoms with E-state index < -0.39 is 43.8 Å². The Morgan fingerprint density at radius 2 is 0.473 bits per heavy atom. The van der Waals surface area contributed by atoms with E-state index in [1.165, 1.54) is 37.9 Å². The van der Waals surface area contributed by atoms with Gasteiger partial charge in [0.05, 0.1) is 22.4 Å². The summed E-state index contributed by atoms with van der Waals surface area (Å²) in [5.74, 6) is 0. The Balaban J connectivity index is 0.000000135. The molecule has 2 fully saturated rings. The van der Waals surface area contributed by atoms with Crippen molar-refractivity contribution in [3.63, 3.8) is 0 Å². The summed E-state index contributed by atoms with van der Waals surface area (Å²) in [6.07, 6.45) is 2.56. The van der Waals surface area contributed by atoms with Crippen LogP contribution in [0.3, 0.4) is 0 Å². The molecule has 2 saturated heterocycles. The average molecular weight is 1540 g/mol. The highest BCUT2D eigenvalue weighted by Gasteiger charge is 2.55. The summed E-state index contributed by atoms with van der Waals surface area (Å²) in [6.45, 7) is 31.7. The van der Waals surface area contributed by atoms with Crippen LogP contribution in [-0.4, -0.2) is 92.8 Å². The number of hydrogen-bond donors (Lipinski definition) is 2. The summed E-state index contributed by atoms with van der Waals surface area (Å²) >= 11 is 3.26. The minimum Gasteiger partial charge on any atom is -0.423 e. The lowest BCUT2D eigenvalue weighted by Crippen LogP contribution is -2.41. The topological polar surface area (TPSA) is 129 Å². The summed E-state index contributed by atoms with van der Waals surface area (Å²) in [6, 6.07) is 90.0. The Morgan fingerprint density at radius 1 is 0.286 bits per heavy atom. The number of carbonyl (C=O) groups is 3. The number of hydrogen-bond acceptors (Lipinski definition) is 9. The number of carbonyl (C=O) groups excluding carboxylic acids is 3. The van der Waals surface area contributed by atoms with Crippen LogP contribution in [0.2, 0.25) is 40.9 Å². The summed E-state index contributed by atoms with van der Waals surface area (Å²) < 4.78 is 27.0. The van der Waals surface area contributed by atoms with Gasteiger partial charge in [0.1, 0.15) is 18.9 Å². The van der Waals surface area contributed by atoms with Gasteiger partial charge in [-0.05, 0) is 192 Å². The molecule has 112 heavy (non-hydrogen) atoms. The van der Waals surface area contributed by atoms with E-state index in [1.807, 2.05) is 97.1 Å². The van der Waals surface area contributed by atoms with Gasteiger partial charge in [-0.2, -0.15) is 0 Å². The number of fused-ring (bicyclic) bond motifs is 8. The highest BCUT2D eigenvalue weighted by molar-refractivity contribution is 9.10. The van der Waals surface area contributed by atoms with E-state index in [2.05, 4.69) is 270 Å². The van der Waals surface area contributed by atoms with Crippen molar-refractivity contribution in [3.8, 4) is 22.3 Å². The highest BCUT2D eigenvalue weighted by atomic mass is 79.9. The second kappa shape index (κ2) is 33.8. The fourth-order valence-electron chi connectivity index (χ4n) is 15.9. The molecule has 17 rings (SSSR count). The molecule has 0 saturated carbocycles. The lowest BCUT2D eigenvalue weighted by molar-refractivity contribution is 0.00578. The number of benzene rings is 15. The molecule has 9 nitrogen and oxygen atoms in total. The zero-order chi connectivity index (χ0) is 78.8. The molecule has 15 aromatic rings. The van der Waals surface area contributed by atoms with Crippen LogP contribution < -0.4 is 32.8 Å².